The van der Waals surface area contributed by atoms with Crippen molar-refractivity contribution in [2.75, 3.05) is 5.75 Å². The van der Waals surface area contributed by atoms with Crippen molar-refractivity contribution in [2.45, 2.75) is 0 Å². The Labute approximate surface area is 83.1 Å². The van der Waals surface area contributed by atoms with Gasteiger partial charge in [0.25, 0.3) is 0 Å². The summed E-state index contributed by atoms with van der Waals surface area (Å²) in [5.41, 5.74) is 0. The standard InChI is InChI=1S/C10H12O2S/c11-10(12)6-5-8-3-1-2-4-9(8)7-13/h1-6,8-9,13H,7H2,(H,11,12). The first-order valence-electron chi connectivity index (χ1n) is 4.11. The third-order valence-electron chi connectivity index (χ3n) is 1.97. The number of allylic oxidation sites excluding steroid dienone is 5. The number of carbonyl (C=O) groups is 1. The van der Waals surface area contributed by atoms with Crippen LogP contribution in [-0.4, -0.2) is 16.8 Å². The van der Waals surface area contributed by atoms with E-state index in [1.54, 1.807) is 6.08 Å². The normalized spacial score (nSPS) is 26.8. The summed E-state index contributed by atoms with van der Waals surface area (Å²) in [6, 6.07) is 0. The molecule has 0 saturated heterocycles. The molecule has 0 amide bonds. The van der Waals surface area contributed by atoms with Crippen LogP contribution in [0, 0.1) is 11.8 Å². The van der Waals surface area contributed by atoms with E-state index in [-0.39, 0.29) is 5.92 Å². The van der Waals surface area contributed by atoms with E-state index < -0.39 is 5.97 Å². The largest absolute Gasteiger partial charge is 0.478 e. The summed E-state index contributed by atoms with van der Waals surface area (Å²) in [7, 11) is 0. The second kappa shape index (κ2) is 4.92. The van der Waals surface area contributed by atoms with Crippen LogP contribution in [-0.2, 0) is 4.79 Å². The summed E-state index contributed by atoms with van der Waals surface area (Å²) < 4.78 is 0. The Kier molecular flexibility index (Phi) is 3.83. The molecule has 13 heavy (non-hydrogen) atoms. The van der Waals surface area contributed by atoms with E-state index in [9.17, 15) is 4.79 Å². The Morgan fingerprint density at radius 1 is 1.46 bits per heavy atom. The van der Waals surface area contributed by atoms with Crippen molar-refractivity contribution in [2.24, 2.45) is 11.8 Å². The van der Waals surface area contributed by atoms with Gasteiger partial charge in [-0.1, -0.05) is 30.4 Å². The third kappa shape index (κ3) is 3.11. The zero-order valence-corrected chi connectivity index (χ0v) is 8.02. The molecule has 0 bridgehead atoms. The lowest BCUT2D eigenvalue weighted by molar-refractivity contribution is -0.131. The first kappa shape index (κ1) is 10.1. The molecule has 0 aliphatic heterocycles. The van der Waals surface area contributed by atoms with Gasteiger partial charge in [0.05, 0.1) is 0 Å². The Hall–Kier alpha value is -0.960. The number of aliphatic carboxylic acids is 1. The fraction of sp³-hybridized carbons (Fsp3) is 0.300. The highest BCUT2D eigenvalue weighted by molar-refractivity contribution is 7.80. The van der Waals surface area contributed by atoms with E-state index in [0.717, 1.165) is 5.75 Å². The van der Waals surface area contributed by atoms with Crippen LogP contribution in [0.25, 0.3) is 0 Å². The van der Waals surface area contributed by atoms with Crippen molar-refractivity contribution in [3.8, 4) is 0 Å². The molecular formula is C10H12O2S. The highest BCUT2D eigenvalue weighted by Gasteiger charge is 2.14. The van der Waals surface area contributed by atoms with Gasteiger partial charge in [0.2, 0.25) is 0 Å². The molecule has 2 unspecified atom stereocenters. The predicted molar refractivity (Wildman–Crippen MR) is 55.9 cm³/mol. The molecule has 0 saturated carbocycles. The SMILES string of the molecule is O=C(O)C=CC1C=CC=CC1CS. The lowest BCUT2D eigenvalue weighted by Crippen LogP contribution is -2.12. The average molecular weight is 196 g/mol. The Balaban J connectivity index is 2.62. The maximum Gasteiger partial charge on any atom is 0.327 e. The van der Waals surface area contributed by atoms with E-state index in [2.05, 4.69) is 12.6 Å². The smallest absolute Gasteiger partial charge is 0.327 e. The van der Waals surface area contributed by atoms with Gasteiger partial charge in [-0.3, -0.25) is 0 Å². The summed E-state index contributed by atoms with van der Waals surface area (Å²) in [5.74, 6) is 0.304. The van der Waals surface area contributed by atoms with Crippen molar-refractivity contribution in [3.63, 3.8) is 0 Å². The summed E-state index contributed by atoms with van der Waals surface area (Å²) in [6.07, 6.45) is 10.8. The zero-order valence-electron chi connectivity index (χ0n) is 7.13. The maximum absolute atomic E-state index is 10.3. The van der Waals surface area contributed by atoms with Gasteiger partial charge in [0.1, 0.15) is 0 Å². The highest BCUT2D eigenvalue weighted by atomic mass is 32.1. The van der Waals surface area contributed by atoms with E-state index >= 15 is 0 Å². The molecule has 0 fully saturated rings. The molecule has 0 aromatic carbocycles. The van der Waals surface area contributed by atoms with Crippen LogP contribution in [0.1, 0.15) is 0 Å². The fourth-order valence-electron chi connectivity index (χ4n) is 1.25. The molecular weight excluding hydrogens is 184 g/mol. The molecule has 1 rings (SSSR count). The fourth-order valence-corrected chi connectivity index (χ4v) is 1.62. The Morgan fingerprint density at radius 2 is 2.15 bits per heavy atom. The predicted octanol–water partition coefficient (Wildman–Crippen LogP) is 1.92. The van der Waals surface area contributed by atoms with Crippen molar-refractivity contribution in [1.29, 1.82) is 0 Å². The van der Waals surface area contributed by atoms with Gasteiger partial charge in [-0.2, -0.15) is 12.6 Å². The van der Waals surface area contributed by atoms with Gasteiger partial charge in [-0.05, 0) is 11.7 Å². The topological polar surface area (TPSA) is 37.3 Å². The van der Waals surface area contributed by atoms with Crippen molar-refractivity contribution in [3.05, 3.63) is 36.5 Å². The maximum atomic E-state index is 10.3. The number of rotatable bonds is 3. The molecule has 2 atom stereocenters. The molecule has 1 N–H and O–H groups in total. The summed E-state index contributed by atoms with van der Waals surface area (Å²) in [5, 5.41) is 8.46. The van der Waals surface area contributed by atoms with Crippen LogP contribution in [0.4, 0.5) is 0 Å². The molecule has 1 aliphatic carbocycles. The lowest BCUT2D eigenvalue weighted by atomic mass is 9.89. The van der Waals surface area contributed by atoms with Crippen molar-refractivity contribution >= 4 is 18.6 Å². The molecule has 1 aliphatic rings. The van der Waals surface area contributed by atoms with E-state index in [1.807, 2.05) is 24.3 Å². The van der Waals surface area contributed by atoms with E-state index in [0.29, 0.717) is 5.92 Å². The summed E-state index contributed by atoms with van der Waals surface area (Å²) in [4.78, 5) is 10.3. The van der Waals surface area contributed by atoms with Gasteiger partial charge >= 0.3 is 5.97 Å². The molecule has 3 heteroatoms. The highest BCUT2D eigenvalue weighted by Crippen LogP contribution is 2.21. The second-order valence-corrected chi connectivity index (χ2v) is 3.26. The second-order valence-electron chi connectivity index (χ2n) is 2.89. The van der Waals surface area contributed by atoms with Crippen LogP contribution in [0.3, 0.4) is 0 Å². The lowest BCUT2D eigenvalue weighted by Gasteiger charge is -2.18. The van der Waals surface area contributed by atoms with Crippen LogP contribution < -0.4 is 0 Å². The molecule has 0 aromatic heterocycles. The Bertz CT molecular complexity index is 266. The molecule has 2 nitrogen and oxygen atoms in total. The van der Waals surface area contributed by atoms with Gasteiger partial charge in [-0.15, -0.1) is 0 Å². The van der Waals surface area contributed by atoms with Gasteiger partial charge in [0.15, 0.2) is 0 Å². The third-order valence-corrected chi connectivity index (χ3v) is 2.39. The van der Waals surface area contributed by atoms with Crippen LogP contribution >= 0.6 is 12.6 Å². The van der Waals surface area contributed by atoms with Crippen LogP contribution in [0.2, 0.25) is 0 Å². The monoisotopic (exact) mass is 196 g/mol. The van der Waals surface area contributed by atoms with E-state index in [4.69, 9.17) is 5.11 Å². The molecule has 0 radical (unpaired) electrons. The minimum atomic E-state index is -0.902. The molecule has 0 aromatic rings. The molecule has 0 spiro atoms. The van der Waals surface area contributed by atoms with Crippen molar-refractivity contribution in [1.82, 2.24) is 0 Å². The average Bonchev–Trinajstić information content (AvgIpc) is 2.15. The quantitative estimate of drug-likeness (QED) is 0.534. The zero-order chi connectivity index (χ0) is 9.68. The van der Waals surface area contributed by atoms with Gasteiger partial charge < -0.3 is 5.11 Å². The molecule has 0 heterocycles. The first-order valence-corrected chi connectivity index (χ1v) is 4.74. The minimum Gasteiger partial charge on any atom is -0.478 e. The Morgan fingerprint density at radius 3 is 2.77 bits per heavy atom. The van der Waals surface area contributed by atoms with Crippen molar-refractivity contribution < 1.29 is 9.90 Å². The number of carboxylic acid groups (broad SMARTS) is 1. The van der Waals surface area contributed by atoms with Gasteiger partial charge in [-0.25, -0.2) is 4.79 Å². The number of thiol groups is 1. The number of carboxylic acids is 1. The van der Waals surface area contributed by atoms with Gasteiger partial charge in [0, 0.05) is 12.0 Å². The number of hydrogen-bond donors (Lipinski definition) is 2. The summed E-state index contributed by atoms with van der Waals surface area (Å²) >= 11 is 4.20. The van der Waals surface area contributed by atoms with E-state index in [1.165, 1.54) is 6.08 Å². The first-order chi connectivity index (χ1) is 6.24. The minimum absolute atomic E-state index is 0.165. The molecule has 70 valence electrons. The summed E-state index contributed by atoms with van der Waals surface area (Å²) in [6.45, 7) is 0. The van der Waals surface area contributed by atoms with Crippen LogP contribution in [0.15, 0.2) is 36.5 Å². The number of hydrogen-bond acceptors (Lipinski definition) is 2. The van der Waals surface area contributed by atoms with Crippen LogP contribution in [0.5, 0.6) is 0 Å².